The first-order valence-corrected chi connectivity index (χ1v) is 13.3. The molecule has 5 aromatic rings. The van der Waals surface area contributed by atoms with Gasteiger partial charge in [-0.2, -0.15) is 5.26 Å². The summed E-state index contributed by atoms with van der Waals surface area (Å²) in [6.45, 7) is 2.21. The molecular formula is C30H26N2P+. The zero-order valence-electron chi connectivity index (χ0n) is 18.7. The minimum Gasteiger partial charge on any atom is -0.355 e. The second-order valence-corrected chi connectivity index (χ2v) is 11.8. The number of aromatic nitrogens is 1. The average molecular weight is 446 g/mol. The van der Waals surface area contributed by atoms with Gasteiger partial charge in [-0.25, -0.2) is 0 Å². The van der Waals surface area contributed by atoms with Gasteiger partial charge in [-0.3, -0.25) is 0 Å². The Balaban J connectivity index is 1.80. The van der Waals surface area contributed by atoms with E-state index in [1.807, 2.05) is 18.2 Å². The molecule has 0 amide bonds. The SMILES string of the molecule is CCc1c(C[P+](c2ccccc2)(c2ccccc2)c2ccccc2)[nH]c2ccc(C#N)cc12. The van der Waals surface area contributed by atoms with E-state index in [2.05, 4.69) is 109 Å². The predicted molar refractivity (Wildman–Crippen MR) is 141 cm³/mol. The molecule has 160 valence electrons. The monoisotopic (exact) mass is 445 g/mol. The van der Waals surface area contributed by atoms with E-state index in [4.69, 9.17) is 0 Å². The van der Waals surface area contributed by atoms with Gasteiger partial charge in [-0.15, -0.1) is 0 Å². The molecule has 0 fully saturated rings. The molecule has 0 bridgehead atoms. The highest BCUT2D eigenvalue weighted by atomic mass is 31.2. The third-order valence-electron chi connectivity index (χ3n) is 6.46. The van der Waals surface area contributed by atoms with Crippen LogP contribution in [0.5, 0.6) is 0 Å². The predicted octanol–water partition coefficient (Wildman–Crippen LogP) is 6.10. The van der Waals surface area contributed by atoms with Gasteiger partial charge >= 0.3 is 0 Å². The van der Waals surface area contributed by atoms with Crippen molar-refractivity contribution in [3.63, 3.8) is 0 Å². The first-order chi connectivity index (χ1) is 16.3. The molecule has 0 atom stereocenters. The van der Waals surface area contributed by atoms with Crippen LogP contribution in [0.15, 0.2) is 109 Å². The standard InChI is InChI=1S/C30H26N2P/c1-2-27-28-20-23(21-31)18-19-29(28)32-30(27)22-33(24-12-6-3-7-13-24,25-14-8-4-9-15-25)26-16-10-5-11-17-26/h3-20,32H,2,22H2,1H3/q+1. The van der Waals surface area contributed by atoms with Gasteiger partial charge in [0.1, 0.15) is 29.3 Å². The zero-order chi connectivity index (χ0) is 22.7. The largest absolute Gasteiger partial charge is 0.355 e. The Morgan fingerprint density at radius 3 is 1.70 bits per heavy atom. The fraction of sp³-hybridized carbons (Fsp3) is 0.100. The summed E-state index contributed by atoms with van der Waals surface area (Å²) in [5, 5.41) is 14.7. The maximum Gasteiger partial charge on any atom is 0.118 e. The van der Waals surface area contributed by atoms with Gasteiger partial charge in [-0.05, 0) is 66.6 Å². The van der Waals surface area contributed by atoms with E-state index < -0.39 is 7.26 Å². The van der Waals surface area contributed by atoms with Crippen molar-refractivity contribution in [1.29, 1.82) is 5.26 Å². The van der Waals surface area contributed by atoms with Crippen molar-refractivity contribution in [1.82, 2.24) is 4.98 Å². The van der Waals surface area contributed by atoms with Crippen LogP contribution in [-0.4, -0.2) is 4.98 Å². The molecule has 1 N–H and O–H groups in total. The number of H-pyrrole nitrogens is 1. The number of hydrogen-bond acceptors (Lipinski definition) is 1. The van der Waals surface area contributed by atoms with Gasteiger partial charge in [0.05, 0.1) is 17.3 Å². The number of nitrogens with zero attached hydrogens (tertiary/aromatic N) is 1. The summed E-state index contributed by atoms with van der Waals surface area (Å²) in [6, 6.07) is 41.2. The Morgan fingerprint density at radius 1 is 0.727 bits per heavy atom. The molecule has 1 heterocycles. The Labute approximate surface area is 195 Å². The van der Waals surface area contributed by atoms with Crippen molar-refractivity contribution in [2.24, 2.45) is 0 Å². The molecule has 0 saturated heterocycles. The third kappa shape index (κ3) is 3.76. The van der Waals surface area contributed by atoms with Crippen LogP contribution in [0.4, 0.5) is 0 Å². The van der Waals surface area contributed by atoms with Gasteiger partial charge in [0.25, 0.3) is 0 Å². The second kappa shape index (κ2) is 9.07. The second-order valence-electron chi connectivity index (χ2n) is 8.28. The summed E-state index contributed by atoms with van der Waals surface area (Å²) >= 11 is 0. The molecule has 0 saturated carbocycles. The lowest BCUT2D eigenvalue weighted by Gasteiger charge is -2.27. The lowest BCUT2D eigenvalue weighted by atomic mass is 10.1. The van der Waals surface area contributed by atoms with E-state index in [1.54, 1.807) is 0 Å². The Bertz CT molecular complexity index is 1320. The van der Waals surface area contributed by atoms with Gasteiger partial charge in [0, 0.05) is 10.9 Å². The normalized spacial score (nSPS) is 11.4. The third-order valence-corrected chi connectivity index (χ3v) is 10.8. The van der Waals surface area contributed by atoms with E-state index >= 15 is 0 Å². The number of benzene rings is 4. The van der Waals surface area contributed by atoms with Crippen molar-refractivity contribution < 1.29 is 0 Å². The van der Waals surface area contributed by atoms with Crippen LogP contribution in [0.25, 0.3) is 10.9 Å². The van der Waals surface area contributed by atoms with Crippen LogP contribution in [-0.2, 0) is 12.6 Å². The molecular weight excluding hydrogens is 419 g/mol. The molecule has 4 aromatic carbocycles. The molecule has 0 unspecified atom stereocenters. The number of aryl methyl sites for hydroxylation is 1. The van der Waals surface area contributed by atoms with Crippen molar-refractivity contribution >= 4 is 34.1 Å². The van der Waals surface area contributed by atoms with Crippen LogP contribution in [0.3, 0.4) is 0 Å². The minimum atomic E-state index is -1.99. The maximum atomic E-state index is 9.45. The fourth-order valence-electron chi connectivity index (χ4n) is 4.92. The first-order valence-electron chi connectivity index (χ1n) is 11.3. The fourth-order valence-corrected chi connectivity index (χ4v) is 9.15. The van der Waals surface area contributed by atoms with Crippen molar-refractivity contribution in [2.45, 2.75) is 19.5 Å². The number of nitriles is 1. The molecule has 1 aromatic heterocycles. The number of aromatic amines is 1. The highest BCUT2D eigenvalue weighted by Crippen LogP contribution is 2.58. The highest BCUT2D eigenvalue weighted by Gasteiger charge is 2.46. The number of fused-ring (bicyclic) bond motifs is 1. The van der Waals surface area contributed by atoms with Crippen LogP contribution >= 0.6 is 7.26 Å². The summed E-state index contributed by atoms with van der Waals surface area (Å²) in [6.07, 6.45) is 1.83. The zero-order valence-corrected chi connectivity index (χ0v) is 19.6. The van der Waals surface area contributed by atoms with Gasteiger partial charge in [-0.1, -0.05) is 61.5 Å². The molecule has 0 aliphatic heterocycles. The molecule has 33 heavy (non-hydrogen) atoms. The smallest absolute Gasteiger partial charge is 0.118 e. The van der Waals surface area contributed by atoms with E-state index in [0.29, 0.717) is 5.56 Å². The number of nitrogens with one attached hydrogen (secondary N) is 1. The van der Waals surface area contributed by atoms with Crippen LogP contribution in [0.1, 0.15) is 23.7 Å². The van der Waals surface area contributed by atoms with Crippen molar-refractivity contribution in [2.75, 3.05) is 0 Å². The number of rotatable bonds is 6. The lowest BCUT2D eigenvalue weighted by molar-refractivity contribution is 1.09. The molecule has 0 aliphatic rings. The van der Waals surface area contributed by atoms with Gasteiger partial charge in [0.15, 0.2) is 0 Å². The Morgan fingerprint density at radius 2 is 1.24 bits per heavy atom. The van der Waals surface area contributed by atoms with E-state index in [1.165, 1.54) is 32.6 Å². The van der Waals surface area contributed by atoms with Crippen LogP contribution < -0.4 is 15.9 Å². The summed E-state index contributed by atoms with van der Waals surface area (Å²) in [5.41, 5.74) is 4.40. The topological polar surface area (TPSA) is 39.6 Å². The molecule has 0 aliphatic carbocycles. The molecule has 5 rings (SSSR count). The van der Waals surface area contributed by atoms with Crippen molar-refractivity contribution in [3.05, 3.63) is 126 Å². The quantitative estimate of drug-likeness (QED) is 0.315. The van der Waals surface area contributed by atoms with E-state index in [0.717, 1.165) is 18.1 Å². The van der Waals surface area contributed by atoms with E-state index in [9.17, 15) is 5.26 Å². The summed E-state index contributed by atoms with van der Waals surface area (Å²) < 4.78 is 0. The number of hydrogen-bond donors (Lipinski definition) is 1. The molecule has 2 nitrogen and oxygen atoms in total. The first kappa shape index (κ1) is 21.2. The minimum absolute atomic E-state index is 0.706. The van der Waals surface area contributed by atoms with Crippen LogP contribution in [0.2, 0.25) is 0 Å². The Hall–Kier alpha value is -3.66. The van der Waals surface area contributed by atoms with E-state index in [-0.39, 0.29) is 0 Å². The highest BCUT2D eigenvalue weighted by molar-refractivity contribution is 7.95. The van der Waals surface area contributed by atoms with Crippen LogP contribution in [0, 0.1) is 11.3 Å². The molecule has 0 spiro atoms. The van der Waals surface area contributed by atoms with Crippen molar-refractivity contribution in [3.8, 4) is 6.07 Å². The molecule has 3 heteroatoms. The maximum absolute atomic E-state index is 9.45. The molecule has 0 radical (unpaired) electrons. The van der Waals surface area contributed by atoms with Gasteiger partial charge in [0.2, 0.25) is 0 Å². The summed E-state index contributed by atoms with van der Waals surface area (Å²) in [5.74, 6) is 0. The van der Waals surface area contributed by atoms with Gasteiger partial charge < -0.3 is 4.98 Å². The average Bonchev–Trinajstić information content (AvgIpc) is 3.24. The summed E-state index contributed by atoms with van der Waals surface area (Å²) in [7, 11) is -1.99. The lowest BCUT2D eigenvalue weighted by Crippen LogP contribution is -2.32. The Kier molecular flexibility index (Phi) is 5.82. The summed E-state index contributed by atoms with van der Waals surface area (Å²) in [4.78, 5) is 3.75.